The SMILES string of the molecule is CC(C)(C)c1ccc(-c2[c-]cc(F)cc2)nc1.[2H]C(C)(C)c1cc(-c2ccc(C3([2H])CCC(C)(C)CC3)cc2)cc(C([2H])(C)C)c1-n1c(-c2[c-]ccc3c2oc2cc(-c4ccccc4)ccc23)nc2ccccc21.[Ir]. The van der Waals surface area contributed by atoms with Gasteiger partial charge in [-0.1, -0.05) is 164 Å². The van der Waals surface area contributed by atoms with Gasteiger partial charge in [0.25, 0.3) is 0 Å². The Morgan fingerprint density at radius 3 is 2.04 bits per heavy atom. The first-order valence-electron chi connectivity index (χ1n) is 26.4. The van der Waals surface area contributed by atoms with Crippen molar-refractivity contribution in [2.24, 2.45) is 5.41 Å². The van der Waals surface area contributed by atoms with E-state index in [9.17, 15) is 8.50 Å². The van der Waals surface area contributed by atoms with Crippen LogP contribution in [0.15, 0.2) is 162 Å². The van der Waals surface area contributed by atoms with Crippen molar-refractivity contribution in [3.63, 3.8) is 0 Å². The maximum absolute atomic E-state index is 12.8. The Morgan fingerprint density at radius 2 is 1.40 bits per heavy atom. The van der Waals surface area contributed by atoms with E-state index in [-0.39, 0.29) is 36.8 Å². The molecule has 6 heteroatoms. The summed E-state index contributed by atoms with van der Waals surface area (Å²) in [5.41, 5.74) is 14.7. The second-order valence-corrected chi connectivity index (χ2v) is 21.4. The van der Waals surface area contributed by atoms with Crippen molar-refractivity contribution >= 4 is 33.0 Å². The molecular formula is C66H64FIrN3O-2. The van der Waals surface area contributed by atoms with Gasteiger partial charge in [-0.25, -0.2) is 0 Å². The first-order chi connectivity index (χ1) is 35.1. The number of nitrogens with zero attached hydrogens (tertiary/aromatic N) is 3. The predicted molar refractivity (Wildman–Crippen MR) is 294 cm³/mol. The molecule has 0 unspecified atom stereocenters. The van der Waals surface area contributed by atoms with Crippen molar-refractivity contribution in [3.8, 4) is 50.6 Å². The number of furan rings is 1. The molecule has 11 rings (SSSR count). The third-order valence-corrected chi connectivity index (χ3v) is 14.2. The molecule has 0 amide bonds. The minimum Gasteiger partial charge on any atom is -0.501 e. The van der Waals surface area contributed by atoms with Crippen LogP contribution in [-0.4, -0.2) is 14.5 Å². The van der Waals surface area contributed by atoms with E-state index in [2.05, 4.69) is 135 Å². The van der Waals surface area contributed by atoms with Gasteiger partial charge >= 0.3 is 0 Å². The summed E-state index contributed by atoms with van der Waals surface area (Å²) in [6.07, 6.45) is 5.68. The number of aromatic nitrogens is 3. The quantitative estimate of drug-likeness (QED) is 0.142. The molecule has 367 valence electrons. The molecule has 0 N–H and O–H groups in total. The van der Waals surface area contributed by atoms with Gasteiger partial charge in [0.1, 0.15) is 5.58 Å². The molecule has 3 aromatic heterocycles. The molecule has 0 bridgehead atoms. The minimum atomic E-state index is -1.04. The number of fused-ring (bicyclic) bond motifs is 4. The van der Waals surface area contributed by atoms with Crippen LogP contribution in [-0.2, 0) is 25.5 Å². The fourth-order valence-corrected chi connectivity index (χ4v) is 9.92. The average Bonchev–Trinajstić information content (AvgIpc) is 3.95. The van der Waals surface area contributed by atoms with Gasteiger partial charge in [-0.05, 0) is 135 Å². The zero-order valence-electron chi connectivity index (χ0n) is 45.8. The van der Waals surface area contributed by atoms with Crippen molar-refractivity contribution in [1.82, 2.24) is 14.5 Å². The molecule has 10 aromatic rings. The van der Waals surface area contributed by atoms with E-state index in [0.29, 0.717) is 11.4 Å². The first-order valence-corrected chi connectivity index (χ1v) is 24.9. The summed E-state index contributed by atoms with van der Waals surface area (Å²) in [7, 11) is 0. The number of hydrogen-bond donors (Lipinski definition) is 0. The summed E-state index contributed by atoms with van der Waals surface area (Å²) in [5.74, 6) is -2.30. The van der Waals surface area contributed by atoms with Gasteiger partial charge in [-0.15, -0.1) is 48.0 Å². The van der Waals surface area contributed by atoms with Crippen molar-refractivity contribution < 1.29 is 33.0 Å². The largest absolute Gasteiger partial charge is 0.501 e. The zero-order chi connectivity index (χ0) is 52.4. The van der Waals surface area contributed by atoms with Gasteiger partial charge in [0.2, 0.25) is 0 Å². The van der Waals surface area contributed by atoms with E-state index in [4.69, 9.17) is 9.40 Å². The zero-order valence-corrected chi connectivity index (χ0v) is 45.2. The molecule has 1 fully saturated rings. The maximum Gasteiger partial charge on any atom is 0.121 e. The van der Waals surface area contributed by atoms with Gasteiger partial charge in [-0.2, -0.15) is 0 Å². The van der Waals surface area contributed by atoms with Crippen molar-refractivity contribution in [2.75, 3.05) is 0 Å². The number of halogens is 1. The Kier molecular flexibility index (Phi) is 13.3. The second kappa shape index (κ2) is 20.6. The van der Waals surface area contributed by atoms with Crippen LogP contribution in [0, 0.1) is 23.4 Å². The number of imidazole rings is 1. The fourth-order valence-electron chi connectivity index (χ4n) is 9.92. The smallest absolute Gasteiger partial charge is 0.121 e. The molecule has 0 atom stereocenters. The Hall–Kier alpha value is -6.46. The van der Waals surface area contributed by atoms with Gasteiger partial charge in [0.05, 0.1) is 22.4 Å². The van der Waals surface area contributed by atoms with Crippen LogP contribution in [0.4, 0.5) is 4.39 Å². The Morgan fingerprint density at radius 1 is 0.736 bits per heavy atom. The second-order valence-electron chi connectivity index (χ2n) is 21.4. The van der Waals surface area contributed by atoms with Crippen LogP contribution >= 0.6 is 0 Å². The topological polar surface area (TPSA) is 43.9 Å². The van der Waals surface area contributed by atoms with Crippen LogP contribution in [0.25, 0.3) is 83.6 Å². The molecule has 1 aliphatic rings. The van der Waals surface area contributed by atoms with Gasteiger partial charge < -0.3 is 14.0 Å². The predicted octanol–water partition coefficient (Wildman–Crippen LogP) is 18.6. The summed E-state index contributed by atoms with van der Waals surface area (Å²) in [6, 6.07) is 56.3. The summed E-state index contributed by atoms with van der Waals surface area (Å²) in [5, 5.41) is 1.99. The van der Waals surface area contributed by atoms with Gasteiger partial charge in [0, 0.05) is 47.3 Å². The van der Waals surface area contributed by atoms with Crippen LogP contribution in [0.1, 0.15) is 132 Å². The molecular weight excluding hydrogens is 1060 g/mol. The van der Waals surface area contributed by atoms with E-state index in [1.165, 1.54) is 17.7 Å². The molecule has 1 saturated carbocycles. The first kappa shape index (κ1) is 46.6. The van der Waals surface area contributed by atoms with Crippen LogP contribution in [0.2, 0.25) is 0 Å². The third kappa shape index (κ3) is 10.3. The van der Waals surface area contributed by atoms with E-state index in [1.54, 1.807) is 6.07 Å². The van der Waals surface area contributed by atoms with Crippen molar-refractivity contribution in [2.45, 2.75) is 111 Å². The molecule has 7 aromatic carbocycles. The number of benzene rings is 7. The standard InChI is InChI=1S/C51H49N2O.C15H15FN.Ir/c1-32(2)43-29-39(36-21-19-35(20-22-36)37-25-27-51(5,6)28-26-37)30-44(33(3)4)48(43)53-46-18-11-10-17-45(46)52-50(53)42-16-12-15-41-40-24-23-38(31-47(40)54-49(41)42)34-13-8-7-9-14-34;1-15(2,3)12-6-9-14(17-10-12)11-4-7-13(16)8-5-11;/h7-15,17-24,29-33,37H,25-28H2,1-6H3;4,6-10H,1-3H3;/q2*-1;/i32D,33D,37D;;. The summed E-state index contributed by atoms with van der Waals surface area (Å²) in [4.78, 5) is 9.66. The number of hydrogen-bond acceptors (Lipinski definition) is 3. The van der Waals surface area contributed by atoms with Crippen LogP contribution in [0.5, 0.6) is 0 Å². The van der Waals surface area contributed by atoms with Crippen molar-refractivity contribution in [3.05, 3.63) is 198 Å². The Balaban J connectivity index is 0.000000325. The average molecular weight is 1130 g/mol. The van der Waals surface area contributed by atoms with E-state index < -0.39 is 17.7 Å². The normalized spacial score (nSPS) is 15.3. The van der Waals surface area contributed by atoms with E-state index in [1.807, 2.05) is 88.5 Å². The molecule has 0 saturated heterocycles. The fraction of sp³-hybridized carbons (Fsp3) is 0.273. The number of rotatable bonds is 8. The number of para-hydroxylation sites is 2. The van der Waals surface area contributed by atoms with Gasteiger partial charge in [0.15, 0.2) is 0 Å². The van der Waals surface area contributed by atoms with Gasteiger partial charge in [-0.3, -0.25) is 9.37 Å². The third-order valence-electron chi connectivity index (χ3n) is 14.2. The van der Waals surface area contributed by atoms with Crippen LogP contribution < -0.4 is 0 Å². The molecule has 1 aliphatic carbocycles. The van der Waals surface area contributed by atoms with Crippen molar-refractivity contribution in [1.29, 1.82) is 0 Å². The molecule has 1 radical (unpaired) electrons. The summed E-state index contributed by atoms with van der Waals surface area (Å²) >= 11 is 0. The molecule has 4 nitrogen and oxygen atoms in total. The van der Waals surface area contributed by atoms with E-state index >= 15 is 0 Å². The Bertz CT molecular complexity index is 3610. The Labute approximate surface area is 443 Å². The molecule has 0 aliphatic heterocycles. The summed E-state index contributed by atoms with van der Waals surface area (Å²) in [6.45, 7) is 18.7. The molecule has 72 heavy (non-hydrogen) atoms. The number of pyridine rings is 1. The maximum atomic E-state index is 12.8. The monoisotopic (exact) mass is 1130 g/mol. The summed E-state index contributed by atoms with van der Waals surface area (Å²) < 4.78 is 50.3. The molecule has 3 heterocycles. The van der Waals surface area contributed by atoms with Crippen LogP contribution in [0.3, 0.4) is 0 Å². The minimum absolute atomic E-state index is 0. The van der Waals surface area contributed by atoms with E-state index in [0.717, 1.165) is 115 Å². The molecule has 0 spiro atoms.